The molecule has 0 spiro atoms. The van der Waals surface area contributed by atoms with E-state index in [0.717, 1.165) is 29.5 Å². The van der Waals surface area contributed by atoms with Crippen LogP contribution in [-0.2, 0) is 0 Å². The van der Waals surface area contributed by atoms with Crippen LogP contribution in [0.15, 0.2) is 18.2 Å². The largest absolute Gasteiger partial charge is 0.321 e. The van der Waals surface area contributed by atoms with Crippen molar-refractivity contribution in [3.63, 3.8) is 0 Å². The van der Waals surface area contributed by atoms with Crippen molar-refractivity contribution in [1.29, 1.82) is 0 Å². The smallest absolute Gasteiger partial charge is 0.179 e. The van der Waals surface area contributed by atoms with E-state index in [4.69, 9.17) is 5.73 Å². The van der Waals surface area contributed by atoms with Crippen LogP contribution in [0.4, 0.5) is 0 Å². The van der Waals surface area contributed by atoms with Gasteiger partial charge in [0.2, 0.25) is 0 Å². The van der Waals surface area contributed by atoms with Crippen LogP contribution in [0.1, 0.15) is 41.3 Å². The Hall–Kier alpha value is -1.15. The molecular formula is C13H19NO. The summed E-state index contributed by atoms with van der Waals surface area (Å²) >= 11 is 0. The van der Waals surface area contributed by atoms with E-state index in [-0.39, 0.29) is 11.8 Å². The van der Waals surface area contributed by atoms with Crippen LogP contribution in [0.3, 0.4) is 0 Å². The van der Waals surface area contributed by atoms with Gasteiger partial charge >= 0.3 is 0 Å². The Morgan fingerprint density at radius 1 is 1.27 bits per heavy atom. The molecule has 2 heteroatoms. The minimum Gasteiger partial charge on any atom is -0.321 e. The fourth-order valence-electron chi connectivity index (χ4n) is 1.77. The highest BCUT2D eigenvalue weighted by Crippen LogP contribution is 2.12. The number of aryl methyl sites for hydroxylation is 2. The number of Topliss-reactive ketones (excluding diaryl/α,β-unsaturated/α-hetero) is 1. The van der Waals surface area contributed by atoms with Crippen molar-refractivity contribution in [2.75, 3.05) is 0 Å². The summed E-state index contributed by atoms with van der Waals surface area (Å²) in [7, 11) is 0. The molecule has 82 valence electrons. The molecular weight excluding hydrogens is 186 g/mol. The van der Waals surface area contributed by atoms with Crippen LogP contribution in [0.2, 0.25) is 0 Å². The Balaban J connectivity index is 2.90. The predicted molar refractivity (Wildman–Crippen MR) is 63.1 cm³/mol. The van der Waals surface area contributed by atoms with Crippen molar-refractivity contribution in [1.82, 2.24) is 0 Å². The van der Waals surface area contributed by atoms with Crippen molar-refractivity contribution >= 4 is 5.78 Å². The van der Waals surface area contributed by atoms with Crippen molar-refractivity contribution in [3.05, 3.63) is 34.9 Å². The summed E-state index contributed by atoms with van der Waals surface area (Å²) in [6, 6.07) is 5.52. The molecule has 0 saturated carbocycles. The predicted octanol–water partition coefficient (Wildman–Crippen LogP) is 2.61. The number of rotatable bonds is 4. The van der Waals surface area contributed by atoms with Gasteiger partial charge in [-0.1, -0.05) is 30.5 Å². The van der Waals surface area contributed by atoms with E-state index in [9.17, 15) is 4.79 Å². The van der Waals surface area contributed by atoms with E-state index in [1.807, 2.05) is 32.9 Å². The van der Waals surface area contributed by atoms with Crippen LogP contribution >= 0.6 is 0 Å². The Morgan fingerprint density at radius 3 is 2.27 bits per heavy atom. The van der Waals surface area contributed by atoms with Gasteiger partial charge in [-0.15, -0.1) is 0 Å². The summed E-state index contributed by atoms with van der Waals surface area (Å²) in [6.45, 7) is 6.03. The van der Waals surface area contributed by atoms with Crippen molar-refractivity contribution in [2.45, 2.75) is 39.7 Å². The van der Waals surface area contributed by atoms with Gasteiger partial charge in [-0.05, 0) is 32.4 Å². The van der Waals surface area contributed by atoms with Gasteiger partial charge in [0.25, 0.3) is 0 Å². The van der Waals surface area contributed by atoms with Crippen LogP contribution in [0.5, 0.6) is 0 Å². The first-order valence-electron chi connectivity index (χ1n) is 5.42. The molecule has 1 aromatic carbocycles. The zero-order valence-electron chi connectivity index (χ0n) is 9.71. The Bertz CT molecular complexity index is 337. The lowest BCUT2D eigenvalue weighted by Crippen LogP contribution is -2.30. The number of ketones is 1. The minimum absolute atomic E-state index is 0.0589. The zero-order chi connectivity index (χ0) is 11.4. The van der Waals surface area contributed by atoms with Crippen molar-refractivity contribution in [3.8, 4) is 0 Å². The summed E-state index contributed by atoms with van der Waals surface area (Å²) < 4.78 is 0. The van der Waals surface area contributed by atoms with E-state index in [1.54, 1.807) is 0 Å². The van der Waals surface area contributed by atoms with Crippen LogP contribution < -0.4 is 5.73 Å². The van der Waals surface area contributed by atoms with E-state index < -0.39 is 0 Å². The first-order chi connectivity index (χ1) is 7.04. The first kappa shape index (κ1) is 11.9. The molecule has 0 radical (unpaired) electrons. The number of hydrogen-bond donors (Lipinski definition) is 1. The number of carbonyl (C=O) groups excluding carboxylic acids is 1. The summed E-state index contributed by atoms with van der Waals surface area (Å²) in [4.78, 5) is 11.9. The lowest BCUT2D eigenvalue weighted by Gasteiger charge is -2.10. The SMILES string of the molecule is CCCC(N)C(=O)c1cc(C)cc(C)c1. The summed E-state index contributed by atoms with van der Waals surface area (Å²) in [5.41, 5.74) is 8.78. The quantitative estimate of drug-likeness (QED) is 0.768. The fourth-order valence-corrected chi connectivity index (χ4v) is 1.77. The normalized spacial score (nSPS) is 12.5. The maximum atomic E-state index is 11.9. The molecule has 1 rings (SSSR count). The third-order valence-corrected chi connectivity index (χ3v) is 2.44. The van der Waals surface area contributed by atoms with Gasteiger partial charge in [-0.2, -0.15) is 0 Å². The molecule has 0 amide bonds. The molecule has 1 atom stereocenters. The molecule has 2 N–H and O–H groups in total. The first-order valence-corrected chi connectivity index (χ1v) is 5.42. The zero-order valence-corrected chi connectivity index (χ0v) is 9.71. The second-order valence-electron chi connectivity index (χ2n) is 4.14. The third-order valence-electron chi connectivity index (χ3n) is 2.44. The van der Waals surface area contributed by atoms with Crippen molar-refractivity contribution < 1.29 is 4.79 Å². The van der Waals surface area contributed by atoms with Gasteiger partial charge in [-0.25, -0.2) is 0 Å². The maximum Gasteiger partial charge on any atom is 0.179 e. The molecule has 0 fully saturated rings. The number of benzene rings is 1. The van der Waals surface area contributed by atoms with Crippen LogP contribution in [-0.4, -0.2) is 11.8 Å². The highest BCUT2D eigenvalue weighted by Gasteiger charge is 2.14. The molecule has 15 heavy (non-hydrogen) atoms. The van der Waals surface area contributed by atoms with E-state index >= 15 is 0 Å². The summed E-state index contributed by atoms with van der Waals surface area (Å²) in [5.74, 6) is 0.0589. The molecule has 2 nitrogen and oxygen atoms in total. The average molecular weight is 205 g/mol. The highest BCUT2D eigenvalue weighted by molar-refractivity contribution is 6.00. The van der Waals surface area contributed by atoms with Gasteiger partial charge in [-0.3, -0.25) is 4.79 Å². The van der Waals surface area contributed by atoms with Gasteiger partial charge < -0.3 is 5.73 Å². The minimum atomic E-state index is -0.351. The standard InChI is InChI=1S/C13H19NO/c1-4-5-12(14)13(15)11-7-9(2)6-10(3)8-11/h6-8,12H,4-5,14H2,1-3H3. The second kappa shape index (κ2) is 5.08. The lowest BCUT2D eigenvalue weighted by atomic mass is 9.98. The third kappa shape index (κ3) is 3.17. The van der Waals surface area contributed by atoms with E-state index in [1.165, 1.54) is 0 Å². The Kier molecular flexibility index (Phi) is 4.04. The monoisotopic (exact) mass is 205 g/mol. The van der Waals surface area contributed by atoms with Crippen molar-refractivity contribution in [2.24, 2.45) is 5.73 Å². The molecule has 0 bridgehead atoms. The lowest BCUT2D eigenvalue weighted by molar-refractivity contribution is 0.0956. The molecule has 0 aliphatic carbocycles. The van der Waals surface area contributed by atoms with Gasteiger partial charge in [0.15, 0.2) is 5.78 Å². The molecule has 1 aromatic rings. The van der Waals surface area contributed by atoms with Gasteiger partial charge in [0, 0.05) is 5.56 Å². The molecule has 0 aliphatic heterocycles. The van der Waals surface area contributed by atoms with E-state index in [0.29, 0.717) is 0 Å². The second-order valence-corrected chi connectivity index (χ2v) is 4.14. The molecule has 1 unspecified atom stereocenters. The molecule has 0 saturated heterocycles. The topological polar surface area (TPSA) is 43.1 Å². The molecule has 0 heterocycles. The molecule has 0 aromatic heterocycles. The average Bonchev–Trinajstić information content (AvgIpc) is 2.15. The number of nitrogens with two attached hydrogens (primary N) is 1. The maximum absolute atomic E-state index is 11.9. The molecule has 0 aliphatic rings. The summed E-state index contributed by atoms with van der Waals surface area (Å²) in [5, 5.41) is 0. The Morgan fingerprint density at radius 2 is 1.80 bits per heavy atom. The van der Waals surface area contributed by atoms with Gasteiger partial charge in [0.1, 0.15) is 0 Å². The fraction of sp³-hybridized carbons (Fsp3) is 0.462. The highest BCUT2D eigenvalue weighted by atomic mass is 16.1. The summed E-state index contributed by atoms with van der Waals surface area (Å²) in [6.07, 6.45) is 1.70. The van der Waals surface area contributed by atoms with E-state index in [2.05, 4.69) is 6.07 Å². The Labute approximate surface area is 91.5 Å². The number of carbonyl (C=O) groups is 1. The van der Waals surface area contributed by atoms with Gasteiger partial charge in [0.05, 0.1) is 6.04 Å². The number of hydrogen-bond acceptors (Lipinski definition) is 2. The van der Waals surface area contributed by atoms with Crippen LogP contribution in [0, 0.1) is 13.8 Å². The van der Waals surface area contributed by atoms with Crippen LogP contribution in [0.25, 0.3) is 0 Å².